The summed E-state index contributed by atoms with van der Waals surface area (Å²) in [4.78, 5) is 0. The molecule has 4 heteroatoms. The zero-order valence-corrected chi connectivity index (χ0v) is 10.6. The van der Waals surface area contributed by atoms with Gasteiger partial charge in [-0.1, -0.05) is 27.2 Å². The quantitative estimate of drug-likeness (QED) is 0.904. The Morgan fingerprint density at radius 1 is 1.57 bits per heavy atom. The maximum absolute atomic E-state index is 5.63. The van der Waals surface area contributed by atoms with Crippen LogP contribution >= 0.6 is 15.9 Å². The van der Waals surface area contributed by atoms with Gasteiger partial charge < -0.3 is 5.73 Å². The fourth-order valence-corrected chi connectivity index (χ4v) is 1.44. The number of nitrogen functional groups attached to an aromatic ring is 1. The molecule has 1 rings (SSSR count). The molecule has 0 aliphatic heterocycles. The summed E-state index contributed by atoms with van der Waals surface area (Å²) >= 11 is 3.35. The Labute approximate surface area is 93.8 Å². The average Bonchev–Trinajstić information content (AvgIpc) is 2.44. The van der Waals surface area contributed by atoms with Gasteiger partial charge in [0, 0.05) is 12.7 Å². The summed E-state index contributed by atoms with van der Waals surface area (Å²) in [6.07, 6.45) is 4.24. The van der Waals surface area contributed by atoms with Gasteiger partial charge in [0.1, 0.15) is 0 Å². The summed E-state index contributed by atoms with van der Waals surface area (Å²) in [6.45, 7) is 7.69. The maximum Gasteiger partial charge on any atom is 0.159 e. The van der Waals surface area contributed by atoms with E-state index in [0.717, 1.165) is 17.4 Å². The van der Waals surface area contributed by atoms with Gasteiger partial charge in [-0.2, -0.15) is 5.10 Å². The number of hydrogen-bond donors (Lipinski definition) is 1. The summed E-state index contributed by atoms with van der Waals surface area (Å²) < 4.78 is 2.78. The lowest BCUT2D eigenvalue weighted by atomic mass is 9.87. The van der Waals surface area contributed by atoms with Crippen molar-refractivity contribution in [2.24, 2.45) is 5.41 Å². The maximum atomic E-state index is 5.63. The Hall–Kier alpha value is -0.510. The monoisotopic (exact) mass is 259 g/mol. The number of aromatic nitrogens is 2. The van der Waals surface area contributed by atoms with Gasteiger partial charge in [0.15, 0.2) is 5.82 Å². The molecule has 0 spiro atoms. The fourth-order valence-electron chi connectivity index (χ4n) is 1.12. The minimum absolute atomic E-state index is 0.382. The van der Waals surface area contributed by atoms with E-state index < -0.39 is 0 Å². The molecule has 0 unspecified atom stereocenters. The molecular formula is C10H18BrN3. The van der Waals surface area contributed by atoms with Crippen LogP contribution in [-0.2, 0) is 6.54 Å². The molecule has 2 N–H and O–H groups in total. The van der Waals surface area contributed by atoms with Gasteiger partial charge in [0.2, 0.25) is 0 Å². The van der Waals surface area contributed by atoms with Crippen molar-refractivity contribution in [2.45, 2.75) is 40.2 Å². The average molecular weight is 260 g/mol. The van der Waals surface area contributed by atoms with Crippen molar-refractivity contribution < 1.29 is 0 Å². The molecule has 0 saturated heterocycles. The largest absolute Gasteiger partial charge is 0.381 e. The number of rotatable bonds is 4. The van der Waals surface area contributed by atoms with Crippen molar-refractivity contribution in [3.8, 4) is 0 Å². The van der Waals surface area contributed by atoms with Crippen LogP contribution in [0.1, 0.15) is 33.6 Å². The minimum Gasteiger partial charge on any atom is -0.381 e. The number of nitrogens with zero attached hydrogens (tertiary/aromatic N) is 2. The predicted molar refractivity (Wildman–Crippen MR) is 63.0 cm³/mol. The molecular weight excluding hydrogens is 242 g/mol. The second-order valence-electron chi connectivity index (χ2n) is 4.39. The Bertz CT molecular complexity index is 285. The molecule has 0 atom stereocenters. The summed E-state index contributed by atoms with van der Waals surface area (Å²) in [5.74, 6) is 0.569. The van der Waals surface area contributed by atoms with Gasteiger partial charge in [0.25, 0.3) is 0 Å². The standard InChI is InChI=1S/C10H18BrN3/c1-4-10(2,3)5-6-14-7-8(11)9(12)13-14/h7H,4-6H2,1-3H3,(H2,12,13). The van der Waals surface area contributed by atoms with Gasteiger partial charge in [-0.05, 0) is 27.8 Å². The Balaban J connectivity index is 2.54. The van der Waals surface area contributed by atoms with Crippen LogP contribution in [0, 0.1) is 5.41 Å². The molecule has 0 fully saturated rings. The molecule has 0 amide bonds. The van der Waals surface area contributed by atoms with Crippen LogP contribution in [0.15, 0.2) is 10.7 Å². The number of aryl methyl sites for hydroxylation is 1. The number of anilines is 1. The molecule has 0 aliphatic carbocycles. The molecule has 14 heavy (non-hydrogen) atoms. The van der Waals surface area contributed by atoms with Crippen LogP contribution in [0.25, 0.3) is 0 Å². The SMILES string of the molecule is CCC(C)(C)CCn1cc(Br)c(N)n1. The van der Waals surface area contributed by atoms with Crippen LogP contribution in [0.4, 0.5) is 5.82 Å². The molecule has 0 radical (unpaired) electrons. The highest BCUT2D eigenvalue weighted by atomic mass is 79.9. The second-order valence-corrected chi connectivity index (χ2v) is 5.25. The first kappa shape index (κ1) is 11.6. The lowest BCUT2D eigenvalue weighted by molar-refractivity contribution is 0.295. The summed E-state index contributed by atoms with van der Waals surface area (Å²) in [5.41, 5.74) is 6.02. The zero-order valence-electron chi connectivity index (χ0n) is 9.05. The Kier molecular flexibility index (Phi) is 3.59. The van der Waals surface area contributed by atoms with E-state index in [1.54, 1.807) is 0 Å². The first-order valence-electron chi connectivity index (χ1n) is 4.93. The molecule has 1 heterocycles. The molecule has 0 saturated carbocycles. The molecule has 1 aromatic heterocycles. The van der Waals surface area contributed by atoms with E-state index in [1.165, 1.54) is 6.42 Å². The number of halogens is 1. The third kappa shape index (κ3) is 3.01. The molecule has 0 aliphatic rings. The van der Waals surface area contributed by atoms with E-state index in [-0.39, 0.29) is 0 Å². The predicted octanol–water partition coefficient (Wildman–Crippen LogP) is 3.05. The lowest BCUT2D eigenvalue weighted by Crippen LogP contribution is -2.14. The highest BCUT2D eigenvalue weighted by molar-refractivity contribution is 9.10. The normalized spacial score (nSPS) is 12.0. The highest BCUT2D eigenvalue weighted by Gasteiger charge is 2.15. The Morgan fingerprint density at radius 2 is 2.21 bits per heavy atom. The summed E-state index contributed by atoms with van der Waals surface area (Å²) in [6, 6.07) is 0. The lowest BCUT2D eigenvalue weighted by Gasteiger charge is -2.21. The summed E-state index contributed by atoms with van der Waals surface area (Å²) in [5, 5.41) is 4.20. The van der Waals surface area contributed by atoms with E-state index >= 15 is 0 Å². The fraction of sp³-hybridized carbons (Fsp3) is 0.700. The van der Waals surface area contributed by atoms with Gasteiger partial charge in [0.05, 0.1) is 4.47 Å². The minimum atomic E-state index is 0.382. The van der Waals surface area contributed by atoms with Crippen molar-refractivity contribution in [2.75, 3.05) is 5.73 Å². The van der Waals surface area contributed by atoms with Crippen LogP contribution in [0.3, 0.4) is 0 Å². The van der Waals surface area contributed by atoms with E-state index in [1.807, 2.05) is 10.9 Å². The van der Waals surface area contributed by atoms with Crippen molar-refractivity contribution in [3.63, 3.8) is 0 Å². The molecule has 80 valence electrons. The smallest absolute Gasteiger partial charge is 0.159 e. The Morgan fingerprint density at radius 3 is 2.64 bits per heavy atom. The van der Waals surface area contributed by atoms with Crippen LogP contribution in [0.5, 0.6) is 0 Å². The van der Waals surface area contributed by atoms with E-state index in [2.05, 4.69) is 41.8 Å². The van der Waals surface area contributed by atoms with Crippen molar-refractivity contribution in [3.05, 3.63) is 10.7 Å². The van der Waals surface area contributed by atoms with Crippen molar-refractivity contribution in [1.82, 2.24) is 9.78 Å². The third-order valence-electron chi connectivity index (χ3n) is 2.72. The third-order valence-corrected chi connectivity index (χ3v) is 3.33. The van der Waals surface area contributed by atoms with Crippen molar-refractivity contribution in [1.29, 1.82) is 0 Å². The van der Waals surface area contributed by atoms with Gasteiger partial charge in [-0.3, -0.25) is 4.68 Å². The van der Waals surface area contributed by atoms with E-state index in [0.29, 0.717) is 11.2 Å². The summed E-state index contributed by atoms with van der Waals surface area (Å²) in [7, 11) is 0. The number of nitrogens with two attached hydrogens (primary N) is 1. The van der Waals surface area contributed by atoms with Crippen LogP contribution in [0.2, 0.25) is 0 Å². The first-order chi connectivity index (χ1) is 6.44. The van der Waals surface area contributed by atoms with Gasteiger partial charge in [-0.25, -0.2) is 0 Å². The van der Waals surface area contributed by atoms with Gasteiger partial charge >= 0.3 is 0 Å². The van der Waals surface area contributed by atoms with Crippen molar-refractivity contribution >= 4 is 21.7 Å². The van der Waals surface area contributed by atoms with E-state index in [9.17, 15) is 0 Å². The van der Waals surface area contributed by atoms with Gasteiger partial charge in [-0.15, -0.1) is 0 Å². The number of hydrogen-bond acceptors (Lipinski definition) is 2. The molecule has 3 nitrogen and oxygen atoms in total. The first-order valence-corrected chi connectivity index (χ1v) is 5.72. The van der Waals surface area contributed by atoms with Crippen LogP contribution < -0.4 is 5.73 Å². The van der Waals surface area contributed by atoms with Crippen LogP contribution in [-0.4, -0.2) is 9.78 Å². The highest BCUT2D eigenvalue weighted by Crippen LogP contribution is 2.25. The molecule has 0 bridgehead atoms. The zero-order chi connectivity index (χ0) is 10.8. The topological polar surface area (TPSA) is 43.8 Å². The molecule has 0 aromatic carbocycles. The second kappa shape index (κ2) is 4.34. The van der Waals surface area contributed by atoms with E-state index in [4.69, 9.17) is 5.73 Å². The molecule has 1 aromatic rings.